The van der Waals surface area contributed by atoms with E-state index in [0.29, 0.717) is 11.3 Å². The number of aromatic nitrogens is 2. The van der Waals surface area contributed by atoms with Gasteiger partial charge in [-0.1, -0.05) is 0 Å². The number of halogens is 2. The second-order valence-electron chi connectivity index (χ2n) is 7.12. The molecule has 2 aliphatic rings. The summed E-state index contributed by atoms with van der Waals surface area (Å²) < 4.78 is 35.1. The van der Waals surface area contributed by atoms with Crippen molar-refractivity contribution in [2.75, 3.05) is 31.1 Å². The lowest BCUT2D eigenvalue weighted by atomic mass is 9.91. The summed E-state index contributed by atoms with van der Waals surface area (Å²) in [5, 5.41) is 9.20. The van der Waals surface area contributed by atoms with Gasteiger partial charge in [-0.05, 0) is 12.1 Å². The number of amides is 1. The van der Waals surface area contributed by atoms with Crippen LogP contribution < -0.4 is 9.64 Å². The Hall–Kier alpha value is -3.28. The van der Waals surface area contributed by atoms with Crippen LogP contribution in [0.1, 0.15) is 24.0 Å². The summed E-state index contributed by atoms with van der Waals surface area (Å²) >= 11 is 0. The molecular formula is C20H19F2N5O2. The highest BCUT2D eigenvalue weighted by atomic mass is 19.1. The van der Waals surface area contributed by atoms with Gasteiger partial charge in [0.05, 0.1) is 13.1 Å². The first-order valence-electron chi connectivity index (χ1n) is 9.35. The average molecular weight is 399 g/mol. The number of rotatable bonds is 2. The van der Waals surface area contributed by atoms with Crippen molar-refractivity contribution in [2.45, 2.75) is 25.1 Å². The predicted molar refractivity (Wildman–Crippen MR) is 99.3 cm³/mol. The normalized spacial score (nSPS) is 18.2. The number of carbonyl (C=O) groups is 1. The van der Waals surface area contributed by atoms with E-state index in [1.54, 1.807) is 4.90 Å². The summed E-state index contributed by atoms with van der Waals surface area (Å²) in [4.78, 5) is 24.1. The molecule has 0 radical (unpaired) electrons. The van der Waals surface area contributed by atoms with E-state index >= 15 is 4.39 Å². The Kier molecular flexibility index (Phi) is 5.01. The molecule has 1 fully saturated rings. The number of piperidine rings is 1. The van der Waals surface area contributed by atoms with Gasteiger partial charge in [0.2, 0.25) is 0 Å². The Morgan fingerprint density at radius 3 is 2.79 bits per heavy atom. The lowest BCUT2D eigenvalue weighted by Gasteiger charge is -2.38. The zero-order valence-electron chi connectivity index (χ0n) is 15.6. The van der Waals surface area contributed by atoms with Crippen LogP contribution in [0, 0.1) is 17.1 Å². The van der Waals surface area contributed by atoms with Gasteiger partial charge < -0.3 is 14.5 Å². The van der Waals surface area contributed by atoms with E-state index in [4.69, 9.17) is 4.74 Å². The second-order valence-corrected chi connectivity index (χ2v) is 7.12. The summed E-state index contributed by atoms with van der Waals surface area (Å²) in [7, 11) is 0. The minimum atomic E-state index is -2.04. The van der Waals surface area contributed by atoms with E-state index in [1.165, 1.54) is 35.6 Å². The molecule has 2 aliphatic heterocycles. The second kappa shape index (κ2) is 7.62. The number of alkyl halides is 1. The largest absolute Gasteiger partial charge is 0.490 e. The molecule has 0 aromatic carbocycles. The number of nitriles is 1. The van der Waals surface area contributed by atoms with Gasteiger partial charge in [-0.3, -0.25) is 9.78 Å². The Morgan fingerprint density at radius 1 is 1.28 bits per heavy atom. The van der Waals surface area contributed by atoms with Gasteiger partial charge in [0, 0.05) is 50.1 Å². The van der Waals surface area contributed by atoms with Crippen LogP contribution in [-0.2, 0) is 11.3 Å². The zero-order chi connectivity index (χ0) is 20.4. The summed E-state index contributed by atoms with van der Waals surface area (Å²) in [6.45, 7) is 0.886. The monoisotopic (exact) mass is 399 g/mol. The summed E-state index contributed by atoms with van der Waals surface area (Å²) in [5.74, 6) is -0.509. The zero-order valence-corrected chi connectivity index (χ0v) is 15.6. The van der Waals surface area contributed by atoms with Crippen molar-refractivity contribution < 1.29 is 18.3 Å². The number of anilines is 1. The first-order valence-corrected chi connectivity index (χ1v) is 9.35. The van der Waals surface area contributed by atoms with Crippen LogP contribution in [0.15, 0.2) is 30.7 Å². The molecule has 0 saturated carbocycles. The molecule has 2 aromatic rings. The molecule has 2 aromatic heterocycles. The molecule has 1 amide bonds. The molecule has 9 heteroatoms. The maximum absolute atomic E-state index is 15.6. The van der Waals surface area contributed by atoms with Gasteiger partial charge in [0.25, 0.3) is 5.91 Å². The predicted octanol–water partition coefficient (Wildman–Crippen LogP) is 2.22. The van der Waals surface area contributed by atoms with Gasteiger partial charge in [-0.15, -0.1) is 0 Å². The average Bonchev–Trinajstić information content (AvgIpc) is 2.96. The van der Waals surface area contributed by atoms with Crippen LogP contribution in [0.25, 0.3) is 0 Å². The molecule has 0 atom stereocenters. The Labute approximate surface area is 166 Å². The van der Waals surface area contributed by atoms with E-state index in [-0.39, 0.29) is 57.0 Å². The van der Waals surface area contributed by atoms with E-state index in [2.05, 4.69) is 9.97 Å². The summed E-state index contributed by atoms with van der Waals surface area (Å²) in [6, 6.07) is 4.82. The molecule has 0 N–H and O–H groups in total. The van der Waals surface area contributed by atoms with Crippen LogP contribution in [0.3, 0.4) is 0 Å². The number of hydrogen-bond acceptors (Lipinski definition) is 6. The van der Waals surface area contributed by atoms with Gasteiger partial charge in [0.1, 0.15) is 24.0 Å². The van der Waals surface area contributed by atoms with Crippen molar-refractivity contribution in [3.63, 3.8) is 0 Å². The Bertz CT molecular complexity index is 970. The number of fused-ring (bicyclic) bond motifs is 1. The van der Waals surface area contributed by atoms with Crippen molar-refractivity contribution in [1.29, 1.82) is 5.26 Å². The lowest BCUT2D eigenvalue weighted by Crippen LogP contribution is -2.53. The van der Waals surface area contributed by atoms with Crippen LogP contribution in [0.4, 0.5) is 14.6 Å². The van der Waals surface area contributed by atoms with Crippen LogP contribution in [-0.4, -0.2) is 52.7 Å². The SMILES string of the molecule is N#Cc1cncc2c1OCCN(C(=O)C1(F)CCN(c3ncccc3F)CC1)C2. The quantitative estimate of drug-likeness (QED) is 0.770. The van der Waals surface area contributed by atoms with Crippen molar-refractivity contribution in [3.8, 4) is 11.8 Å². The molecular weight excluding hydrogens is 380 g/mol. The maximum Gasteiger partial charge on any atom is 0.260 e. The first kappa shape index (κ1) is 19.1. The molecule has 4 heterocycles. The smallest absolute Gasteiger partial charge is 0.260 e. The van der Waals surface area contributed by atoms with Crippen LogP contribution in [0.5, 0.6) is 5.75 Å². The first-order chi connectivity index (χ1) is 14.0. The van der Waals surface area contributed by atoms with Gasteiger partial charge in [0.15, 0.2) is 17.3 Å². The van der Waals surface area contributed by atoms with Gasteiger partial charge in [-0.2, -0.15) is 5.26 Å². The summed E-state index contributed by atoms with van der Waals surface area (Å²) in [6.07, 6.45) is 4.31. The van der Waals surface area contributed by atoms with E-state index in [0.717, 1.165) is 0 Å². The molecule has 0 spiro atoms. The van der Waals surface area contributed by atoms with Crippen LogP contribution >= 0.6 is 0 Å². The standard InChI is InChI=1S/C20H19F2N5O2/c21-16-2-1-5-25-18(16)26-6-3-20(22,4-7-26)19(28)27-8-9-29-17-14(10-23)11-24-12-15(17)13-27/h1-2,5,11-12H,3-4,6-9,13H2. The highest BCUT2D eigenvalue weighted by Crippen LogP contribution is 2.33. The third kappa shape index (κ3) is 3.58. The number of pyridine rings is 2. The molecule has 7 nitrogen and oxygen atoms in total. The Morgan fingerprint density at radius 2 is 2.07 bits per heavy atom. The maximum atomic E-state index is 15.6. The number of hydrogen-bond donors (Lipinski definition) is 0. The lowest BCUT2D eigenvalue weighted by molar-refractivity contribution is -0.146. The molecule has 0 aliphatic carbocycles. The van der Waals surface area contributed by atoms with E-state index < -0.39 is 17.4 Å². The minimum Gasteiger partial charge on any atom is -0.490 e. The van der Waals surface area contributed by atoms with Crippen molar-refractivity contribution in [2.24, 2.45) is 0 Å². The minimum absolute atomic E-state index is 0.0530. The molecule has 150 valence electrons. The molecule has 0 bridgehead atoms. The van der Waals surface area contributed by atoms with E-state index in [9.17, 15) is 14.4 Å². The summed E-state index contributed by atoms with van der Waals surface area (Å²) in [5.41, 5.74) is -1.17. The third-order valence-electron chi connectivity index (χ3n) is 5.32. The number of carbonyl (C=O) groups excluding carboxylic acids is 1. The van der Waals surface area contributed by atoms with Crippen molar-refractivity contribution in [1.82, 2.24) is 14.9 Å². The highest BCUT2D eigenvalue weighted by Gasteiger charge is 2.45. The third-order valence-corrected chi connectivity index (χ3v) is 5.32. The molecule has 0 unspecified atom stereocenters. The molecule has 1 saturated heterocycles. The molecule has 29 heavy (non-hydrogen) atoms. The van der Waals surface area contributed by atoms with Gasteiger partial charge in [-0.25, -0.2) is 13.8 Å². The fourth-order valence-electron chi connectivity index (χ4n) is 3.75. The number of ether oxygens (including phenoxy) is 1. The van der Waals surface area contributed by atoms with E-state index in [1.807, 2.05) is 6.07 Å². The van der Waals surface area contributed by atoms with Crippen molar-refractivity contribution >= 4 is 11.7 Å². The fourth-order valence-corrected chi connectivity index (χ4v) is 3.75. The topological polar surface area (TPSA) is 82.3 Å². The highest BCUT2D eigenvalue weighted by molar-refractivity contribution is 5.85. The Balaban J connectivity index is 1.48. The van der Waals surface area contributed by atoms with Crippen LogP contribution in [0.2, 0.25) is 0 Å². The number of nitrogens with zero attached hydrogens (tertiary/aromatic N) is 5. The fraction of sp³-hybridized carbons (Fsp3) is 0.400. The van der Waals surface area contributed by atoms with Crippen molar-refractivity contribution in [3.05, 3.63) is 47.7 Å². The van der Waals surface area contributed by atoms with Gasteiger partial charge >= 0.3 is 0 Å². The molecule has 4 rings (SSSR count).